The van der Waals surface area contributed by atoms with Crippen molar-refractivity contribution in [2.75, 3.05) is 0 Å². The Morgan fingerprint density at radius 1 is 0.194 bits per heavy atom. The van der Waals surface area contributed by atoms with Gasteiger partial charge in [0.25, 0.3) is 0 Å². The monoisotopic (exact) mass is 912 g/mol. The van der Waals surface area contributed by atoms with Gasteiger partial charge in [-0.2, -0.15) is 0 Å². The zero-order valence-electron chi connectivity index (χ0n) is 39.3. The van der Waals surface area contributed by atoms with E-state index in [-0.39, 0.29) is 0 Å². The standard InChI is InChI=1S/C70H44N2/c1-4-22-45(23-5-1)66-52-30-10-12-32-54(52)67(55-33-13-11-31-53(55)66)68-56-36-18-34-48(58-38-20-40-60-50-28-14-16-42-64(50)71(69(58)60)46-24-6-2-7-25-46)62(56)44-63-49(35-19-37-57(63)68)59-39-21-41-61-51-29-15-17-43-65(51)72(70(59)61)47-26-8-3-9-27-47/h1-44H. The molecule has 0 N–H and O–H groups in total. The van der Waals surface area contributed by atoms with Gasteiger partial charge in [0.1, 0.15) is 0 Å². The molecular weight excluding hydrogens is 869 g/mol. The van der Waals surface area contributed by atoms with E-state index in [4.69, 9.17) is 0 Å². The van der Waals surface area contributed by atoms with E-state index in [2.05, 4.69) is 276 Å². The summed E-state index contributed by atoms with van der Waals surface area (Å²) in [4.78, 5) is 0. The fourth-order valence-electron chi connectivity index (χ4n) is 12.4. The van der Waals surface area contributed by atoms with Crippen molar-refractivity contribution in [3.8, 4) is 55.9 Å². The molecule has 0 amide bonds. The topological polar surface area (TPSA) is 9.86 Å². The summed E-state index contributed by atoms with van der Waals surface area (Å²) in [6, 6.07) is 98.8. The highest BCUT2D eigenvalue weighted by atomic mass is 15.0. The maximum atomic E-state index is 2.52. The zero-order chi connectivity index (χ0) is 47.3. The molecule has 2 aromatic heterocycles. The average molecular weight is 913 g/mol. The maximum absolute atomic E-state index is 2.52. The molecule has 0 aliphatic heterocycles. The molecule has 0 radical (unpaired) electrons. The van der Waals surface area contributed by atoms with Crippen LogP contribution in [-0.4, -0.2) is 9.13 Å². The van der Waals surface area contributed by atoms with Gasteiger partial charge in [0, 0.05) is 44.0 Å². The lowest BCUT2D eigenvalue weighted by atomic mass is 9.81. The summed E-state index contributed by atoms with van der Waals surface area (Å²) in [6.07, 6.45) is 0. The second-order valence-corrected chi connectivity index (χ2v) is 19.0. The second kappa shape index (κ2) is 16.0. The lowest BCUT2D eigenvalue weighted by Crippen LogP contribution is -1.97. The van der Waals surface area contributed by atoms with Gasteiger partial charge in [0.05, 0.1) is 22.1 Å². The lowest BCUT2D eigenvalue weighted by Gasteiger charge is -2.22. The van der Waals surface area contributed by atoms with Crippen molar-refractivity contribution in [3.63, 3.8) is 0 Å². The van der Waals surface area contributed by atoms with Crippen LogP contribution >= 0.6 is 0 Å². The Kier molecular flexibility index (Phi) is 8.99. The fraction of sp³-hybridized carbons (Fsp3) is 0. The summed E-state index contributed by atoms with van der Waals surface area (Å²) < 4.78 is 4.94. The molecule has 72 heavy (non-hydrogen) atoms. The van der Waals surface area contributed by atoms with Gasteiger partial charge in [-0.1, -0.05) is 224 Å². The minimum Gasteiger partial charge on any atom is -0.309 e. The molecule has 0 aliphatic carbocycles. The van der Waals surface area contributed by atoms with Gasteiger partial charge >= 0.3 is 0 Å². The van der Waals surface area contributed by atoms with E-state index in [1.165, 1.54) is 131 Å². The van der Waals surface area contributed by atoms with Crippen LogP contribution < -0.4 is 0 Å². The molecule has 0 spiro atoms. The third-order valence-corrected chi connectivity index (χ3v) is 15.3. The van der Waals surface area contributed by atoms with Crippen molar-refractivity contribution in [1.82, 2.24) is 9.13 Å². The average Bonchev–Trinajstić information content (AvgIpc) is 3.98. The van der Waals surface area contributed by atoms with Crippen molar-refractivity contribution in [3.05, 3.63) is 267 Å². The summed E-state index contributed by atoms with van der Waals surface area (Å²) >= 11 is 0. The first kappa shape index (κ1) is 40.4. The first-order chi connectivity index (χ1) is 35.8. The molecule has 15 aromatic rings. The van der Waals surface area contributed by atoms with Gasteiger partial charge in [-0.15, -0.1) is 0 Å². The molecule has 2 heterocycles. The lowest BCUT2D eigenvalue weighted by molar-refractivity contribution is 1.18. The van der Waals surface area contributed by atoms with Gasteiger partial charge in [-0.25, -0.2) is 0 Å². The maximum Gasteiger partial charge on any atom is 0.0619 e. The first-order valence-corrected chi connectivity index (χ1v) is 24.9. The SMILES string of the molecule is c1ccc(-c2c3ccccc3c(-c3c4cccc(-c5cccc6c7ccccc7n(-c7ccccc7)c56)c4cc4c(-c5cccc6c7ccccc7n(-c7ccccc7)c56)cccc34)c3ccccc23)cc1. The molecule has 0 fully saturated rings. The van der Waals surface area contributed by atoms with Crippen LogP contribution in [0.15, 0.2) is 267 Å². The second-order valence-electron chi connectivity index (χ2n) is 19.0. The molecule has 0 unspecified atom stereocenters. The van der Waals surface area contributed by atoms with Crippen LogP contribution in [0.25, 0.3) is 143 Å². The van der Waals surface area contributed by atoms with E-state index < -0.39 is 0 Å². The van der Waals surface area contributed by atoms with Crippen LogP contribution in [0.1, 0.15) is 0 Å². The van der Waals surface area contributed by atoms with Crippen molar-refractivity contribution < 1.29 is 0 Å². The van der Waals surface area contributed by atoms with Crippen molar-refractivity contribution in [1.29, 1.82) is 0 Å². The van der Waals surface area contributed by atoms with E-state index in [1.807, 2.05) is 0 Å². The predicted octanol–water partition coefficient (Wildman–Crippen LogP) is 19.2. The van der Waals surface area contributed by atoms with Crippen molar-refractivity contribution in [2.24, 2.45) is 0 Å². The molecule has 0 saturated carbocycles. The smallest absolute Gasteiger partial charge is 0.0619 e. The minimum atomic E-state index is 1.14. The van der Waals surface area contributed by atoms with Gasteiger partial charge in [-0.3, -0.25) is 0 Å². The number of nitrogens with zero attached hydrogens (tertiary/aromatic N) is 2. The summed E-state index contributed by atoms with van der Waals surface area (Å²) in [5.74, 6) is 0. The molecule has 0 saturated heterocycles. The van der Waals surface area contributed by atoms with E-state index in [1.54, 1.807) is 0 Å². The quantitative estimate of drug-likeness (QED) is 0.147. The van der Waals surface area contributed by atoms with E-state index in [0.717, 1.165) is 11.4 Å². The summed E-state index contributed by atoms with van der Waals surface area (Å²) in [6.45, 7) is 0. The summed E-state index contributed by atoms with van der Waals surface area (Å²) in [5, 5.41) is 14.8. The van der Waals surface area contributed by atoms with Crippen LogP contribution in [0.5, 0.6) is 0 Å². The summed E-state index contributed by atoms with van der Waals surface area (Å²) in [7, 11) is 0. The summed E-state index contributed by atoms with van der Waals surface area (Å²) in [5.41, 5.74) is 16.8. The van der Waals surface area contributed by atoms with Crippen LogP contribution in [0.2, 0.25) is 0 Å². The Hall–Kier alpha value is -9.50. The van der Waals surface area contributed by atoms with E-state index in [9.17, 15) is 0 Å². The number of hydrogen-bond donors (Lipinski definition) is 0. The third kappa shape index (κ3) is 5.90. The van der Waals surface area contributed by atoms with Gasteiger partial charge in [0.2, 0.25) is 0 Å². The molecular formula is C70H44N2. The molecule has 0 aliphatic rings. The molecule has 334 valence electrons. The van der Waals surface area contributed by atoms with Gasteiger partial charge < -0.3 is 9.13 Å². The number of rotatable bonds is 6. The van der Waals surface area contributed by atoms with Gasteiger partial charge in [0.15, 0.2) is 0 Å². The Labute approximate surface area is 416 Å². The molecule has 2 heteroatoms. The molecule has 0 atom stereocenters. The van der Waals surface area contributed by atoms with Crippen LogP contribution in [0, 0.1) is 0 Å². The third-order valence-electron chi connectivity index (χ3n) is 15.3. The van der Waals surface area contributed by atoms with Crippen LogP contribution in [-0.2, 0) is 0 Å². The van der Waals surface area contributed by atoms with Gasteiger partial charge in [-0.05, 0) is 119 Å². The fourth-order valence-corrected chi connectivity index (χ4v) is 12.4. The van der Waals surface area contributed by atoms with E-state index in [0.29, 0.717) is 0 Å². The molecule has 13 aromatic carbocycles. The predicted molar refractivity (Wildman–Crippen MR) is 307 cm³/mol. The Morgan fingerprint density at radius 2 is 0.500 bits per heavy atom. The Bertz CT molecular complexity index is 4380. The first-order valence-electron chi connectivity index (χ1n) is 24.9. The Balaban J connectivity index is 1.14. The van der Waals surface area contributed by atoms with Crippen LogP contribution in [0.3, 0.4) is 0 Å². The number of benzene rings is 13. The van der Waals surface area contributed by atoms with E-state index >= 15 is 0 Å². The van der Waals surface area contributed by atoms with Crippen LogP contribution in [0.4, 0.5) is 0 Å². The number of hydrogen-bond acceptors (Lipinski definition) is 0. The minimum absolute atomic E-state index is 1.14. The molecule has 2 nitrogen and oxygen atoms in total. The Morgan fingerprint density at radius 3 is 0.931 bits per heavy atom. The highest BCUT2D eigenvalue weighted by Gasteiger charge is 2.25. The number of fused-ring (bicyclic) bond motifs is 10. The highest BCUT2D eigenvalue weighted by Crippen LogP contribution is 2.51. The van der Waals surface area contributed by atoms with Crippen molar-refractivity contribution >= 4 is 86.7 Å². The zero-order valence-corrected chi connectivity index (χ0v) is 39.3. The number of para-hydroxylation sites is 6. The number of aromatic nitrogens is 2. The molecule has 15 rings (SSSR count). The van der Waals surface area contributed by atoms with Crippen molar-refractivity contribution in [2.45, 2.75) is 0 Å². The molecule has 0 bridgehead atoms. The highest BCUT2D eigenvalue weighted by molar-refractivity contribution is 6.30. The normalized spacial score (nSPS) is 11.9. The largest absolute Gasteiger partial charge is 0.309 e.